The molecule has 0 aromatic heterocycles. The average Bonchev–Trinajstić information content (AvgIpc) is 2.31. The van der Waals surface area contributed by atoms with E-state index in [2.05, 4.69) is 11.9 Å². The van der Waals surface area contributed by atoms with E-state index in [1.165, 1.54) is 0 Å². The Kier molecular flexibility index (Phi) is 4.74. The van der Waals surface area contributed by atoms with Gasteiger partial charge in [-0.15, -0.1) is 6.58 Å². The number of hydrogen-bond donors (Lipinski definition) is 2. The minimum atomic E-state index is -1.22. The van der Waals surface area contributed by atoms with Crippen molar-refractivity contribution < 1.29 is 23.5 Å². The highest BCUT2D eigenvalue weighted by molar-refractivity contribution is 5.96. The van der Waals surface area contributed by atoms with E-state index in [0.29, 0.717) is 11.6 Å². The maximum atomic E-state index is 13.0. The van der Waals surface area contributed by atoms with Crippen molar-refractivity contribution in [2.45, 2.75) is 19.4 Å². The minimum absolute atomic E-state index is 0.0603. The van der Waals surface area contributed by atoms with Gasteiger partial charge in [0.25, 0.3) is 5.91 Å². The molecule has 1 atom stereocenters. The van der Waals surface area contributed by atoms with Crippen LogP contribution in [0.1, 0.15) is 23.7 Å². The van der Waals surface area contributed by atoms with Crippen LogP contribution in [0.3, 0.4) is 0 Å². The third-order valence-electron chi connectivity index (χ3n) is 2.34. The van der Waals surface area contributed by atoms with Crippen LogP contribution in [-0.2, 0) is 4.79 Å². The molecular formula is C13H13F2NO3. The molecule has 0 unspecified atom stereocenters. The number of hydrogen-bond acceptors (Lipinski definition) is 2. The van der Waals surface area contributed by atoms with Crippen molar-refractivity contribution in [3.8, 4) is 0 Å². The van der Waals surface area contributed by atoms with Gasteiger partial charge in [0.05, 0.1) is 0 Å². The fraction of sp³-hybridized carbons (Fsp3) is 0.231. The Morgan fingerprint density at radius 3 is 2.47 bits per heavy atom. The van der Waals surface area contributed by atoms with Crippen LogP contribution in [0.2, 0.25) is 0 Å². The van der Waals surface area contributed by atoms with Crippen LogP contribution < -0.4 is 5.32 Å². The van der Waals surface area contributed by atoms with Crippen molar-refractivity contribution in [1.29, 1.82) is 0 Å². The number of carbonyl (C=O) groups is 2. The van der Waals surface area contributed by atoms with Crippen molar-refractivity contribution >= 4 is 11.9 Å². The molecule has 0 radical (unpaired) electrons. The number of carboxylic acid groups (broad SMARTS) is 1. The number of benzene rings is 1. The molecule has 2 N–H and O–H groups in total. The summed E-state index contributed by atoms with van der Waals surface area (Å²) in [6, 6.07) is 1.44. The van der Waals surface area contributed by atoms with Crippen molar-refractivity contribution in [3.63, 3.8) is 0 Å². The first kappa shape index (κ1) is 14.8. The molecule has 1 aromatic rings. The zero-order valence-electron chi connectivity index (χ0n) is 10.2. The van der Waals surface area contributed by atoms with E-state index >= 15 is 0 Å². The number of aliphatic carboxylic acids is 1. The molecule has 1 rings (SSSR count). The van der Waals surface area contributed by atoms with E-state index in [0.717, 1.165) is 12.1 Å². The van der Waals surface area contributed by atoms with Gasteiger partial charge in [-0.3, -0.25) is 4.79 Å². The fourth-order valence-corrected chi connectivity index (χ4v) is 1.43. The van der Waals surface area contributed by atoms with Gasteiger partial charge in [0.15, 0.2) is 11.6 Å². The normalized spacial score (nSPS) is 11.7. The molecular weight excluding hydrogens is 256 g/mol. The van der Waals surface area contributed by atoms with E-state index in [1.807, 2.05) is 0 Å². The molecule has 1 amide bonds. The SMILES string of the molecule is C=C(C)C[C@@H](NC(=O)c1ccc(F)c(F)c1)C(=O)O. The number of amides is 1. The van der Waals surface area contributed by atoms with Gasteiger partial charge in [-0.1, -0.05) is 5.57 Å². The first-order valence-corrected chi connectivity index (χ1v) is 5.44. The second-order valence-electron chi connectivity index (χ2n) is 4.15. The lowest BCUT2D eigenvalue weighted by Crippen LogP contribution is -2.40. The summed E-state index contributed by atoms with van der Waals surface area (Å²) in [5.74, 6) is -4.25. The number of carbonyl (C=O) groups excluding carboxylic acids is 1. The summed E-state index contributed by atoms with van der Waals surface area (Å²) in [5, 5.41) is 11.1. The smallest absolute Gasteiger partial charge is 0.326 e. The highest BCUT2D eigenvalue weighted by atomic mass is 19.2. The largest absolute Gasteiger partial charge is 0.480 e. The molecule has 102 valence electrons. The summed E-state index contributed by atoms with van der Waals surface area (Å²) in [5.41, 5.74) is 0.435. The van der Waals surface area contributed by atoms with Crippen molar-refractivity contribution in [2.75, 3.05) is 0 Å². The highest BCUT2D eigenvalue weighted by Crippen LogP contribution is 2.10. The molecule has 0 aliphatic carbocycles. The Balaban J connectivity index is 2.84. The number of rotatable bonds is 5. The van der Waals surface area contributed by atoms with Gasteiger partial charge in [0, 0.05) is 5.56 Å². The van der Waals surface area contributed by atoms with Crippen LogP contribution in [0, 0.1) is 11.6 Å². The number of nitrogens with one attached hydrogen (secondary N) is 1. The Hall–Kier alpha value is -2.24. The molecule has 0 heterocycles. The van der Waals surface area contributed by atoms with Gasteiger partial charge in [-0.2, -0.15) is 0 Å². The zero-order chi connectivity index (χ0) is 14.6. The van der Waals surface area contributed by atoms with Crippen molar-refractivity contribution in [1.82, 2.24) is 5.32 Å². The van der Waals surface area contributed by atoms with Crippen LogP contribution in [0.5, 0.6) is 0 Å². The molecule has 6 heteroatoms. The van der Waals surface area contributed by atoms with Crippen LogP contribution in [0.4, 0.5) is 8.78 Å². The monoisotopic (exact) mass is 269 g/mol. The lowest BCUT2D eigenvalue weighted by molar-refractivity contribution is -0.139. The second-order valence-corrected chi connectivity index (χ2v) is 4.15. The summed E-state index contributed by atoms with van der Waals surface area (Å²) in [4.78, 5) is 22.6. The standard InChI is InChI=1S/C13H13F2NO3/c1-7(2)5-11(13(18)19)16-12(17)8-3-4-9(14)10(15)6-8/h3-4,6,11H,1,5H2,2H3,(H,16,17)(H,18,19)/t11-/m1/s1. The van der Waals surface area contributed by atoms with Gasteiger partial charge >= 0.3 is 5.97 Å². The lowest BCUT2D eigenvalue weighted by atomic mass is 10.1. The molecule has 19 heavy (non-hydrogen) atoms. The van der Waals surface area contributed by atoms with E-state index in [1.54, 1.807) is 6.92 Å². The topological polar surface area (TPSA) is 66.4 Å². The molecule has 0 fully saturated rings. The van der Waals surface area contributed by atoms with Crippen molar-refractivity contribution in [2.24, 2.45) is 0 Å². The van der Waals surface area contributed by atoms with Gasteiger partial charge in [-0.05, 0) is 31.5 Å². The third-order valence-corrected chi connectivity index (χ3v) is 2.34. The first-order valence-electron chi connectivity index (χ1n) is 5.44. The summed E-state index contributed by atoms with van der Waals surface area (Å²) in [6.07, 6.45) is 0.0603. The first-order chi connectivity index (χ1) is 8.81. The fourth-order valence-electron chi connectivity index (χ4n) is 1.43. The Bertz CT molecular complexity index is 529. The van der Waals surface area contributed by atoms with Gasteiger partial charge in [0.2, 0.25) is 0 Å². The summed E-state index contributed by atoms with van der Waals surface area (Å²) < 4.78 is 25.7. The van der Waals surface area contributed by atoms with Gasteiger partial charge in [0.1, 0.15) is 6.04 Å². The minimum Gasteiger partial charge on any atom is -0.480 e. The van der Waals surface area contributed by atoms with E-state index < -0.39 is 29.6 Å². The van der Waals surface area contributed by atoms with Gasteiger partial charge in [-0.25, -0.2) is 13.6 Å². The summed E-state index contributed by atoms with van der Waals surface area (Å²) in [6.45, 7) is 5.18. The Labute approximate surface area is 108 Å². The van der Waals surface area contributed by atoms with Crippen LogP contribution in [-0.4, -0.2) is 23.0 Å². The van der Waals surface area contributed by atoms with Crippen LogP contribution in [0.25, 0.3) is 0 Å². The van der Waals surface area contributed by atoms with Crippen LogP contribution >= 0.6 is 0 Å². The summed E-state index contributed by atoms with van der Waals surface area (Å²) >= 11 is 0. The zero-order valence-corrected chi connectivity index (χ0v) is 10.2. The molecule has 1 aromatic carbocycles. The maximum Gasteiger partial charge on any atom is 0.326 e. The number of halogens is 2. The highest BCUT2D eigenvalue weighted by Gasteiger charge is 2.21. The van der Waals surface area contributed by atoms with Crippen molar-refractivity contribution in [3.05, 3.63) is 47.5 Å². The molecule has 0 spiro atoms. The Morgan fingerprint density at radius 1 is 1.37 bits per heavy atom. The molecule has 0 saturated carbocycles. The molecule has 0 bridgehead atoms. The quantitative estimate of drug-likeness (QED) is 0.804. The van der Waals surface area contributed by atoms with Gasteiger partial charge < -0.3 is 10.4 Å². The Morgan fingerprint density at radius 2 is 2.00 bits per heavy atom. The predicted molar refractivity (Wildman–Crippen MR) is 64.7 cm³/mol. The lowest BCUT2D eigenvalue weighted by Gasteiger charge is -2.14. The average molecular weight is 269 g/mol. The second kappa shape index (κ2) is 6.08. The van der Waals surface area contributed by atoms with Crippen LogP contribution in [0.15, 0.2) is 30.4 Å². The number of carboxylic acids is 1. The maximum absolute atomic E-state index is 13.0. The molecule has 0 saturated heterocycles. The molecule has 4 nitrogen and oxygen atoms in total. The van der Waals surface area contributed by atoms with E-state index in [-0.39, 0.29) is 12.0 Å². The molecule has 0 aliphatic rings. The third kappa shape index (κ3) is 4.17. The predicted octanol–water partition coefficient (Wildman–Crippen LogP) is 2.11. The summed E-state index contributed by atoms with van der Waals surface area (Å²) in [7, 11) is 0. The molecule has 0 aliphatic heterocycles. The van der Waals surface area contributed by atoms with E-state index in [9.17, 15) is 18.4 Å². The van der Waals surface area contributed by atoms with E-state index in [4.69, 9.17) is 5.11 Å².